The van der Waals surface area contributed by atoms with Crippen molar-refractivity contribution in [1.29, 1.82) is 0 Å². The minimum atomic E-state index is -0.887. The van der Waals surface area contributed by atoms with Gasteiger partial charge in [0.1, 0.15) is 0 Å². The van der Waals surface area contributed by atoms with Crippen LogP contribution in [0.25, 0.3) is 0 Å². The van der Waals surface area contributed by atoms with Crippen LogP contribution in [0.2, 0.25) is 0 Å². The Morgan fingerprint density at radius 3 is 2.24 bits per heavy atom. The van der Waals surface area contributed by atoms with Gasteiger partial charge in [-0.2, -0.15) is 0 Å². The van der Waals surface area contributed by atoms with Crippen LogP contribution >= 0.6 is 0 Å². The summed E-state index contributed by atoms with van der Waals surface area (Å²) in [6.45, 7) is 8.16. The molecule has 0 saturated heterocycles. The molecule has 0 heterocycles. The molecule has 3 unspecified atom stereocenters. The lowest BCUT2D eigenvalue weighted by molar-refractivity contribution is 0.610. The first kappa shape index (κ1) is 14.4. The van der Waals surface area contributed by atoms with Gasteiger partial charge in [0.15, 0.2) is 0 Å². The van der Waals surface area contributed by atoms with Crippen molar-refractivity contribution in [3.8, 4) is 0 Å². The Bertz CT molecular complexity index is 383. The highest BCUT2D eigenvalue weighted by atomic mass is 32.2. The van der Waals surface area contributed by atoms with E-state index in [1.807, 2.05) is 13.8 Å². The van der Waals surface area contributed by atoms with E-state index in [0.717, 1.165) is 12.0 Å². The molecular formula is C14H23NOS. The Kier molecular flexibility index (Phi) is 5.34. The molecule has 2 N–H and O–H groups in total. The number of nitrogens with two attached hydrogens (primary N) is 1. The average molecular weight is 253 g/mol. The number of rotatable bonds is 5. The summed E-state index contributed by atoms with van der Waals surface area (Å²) >= 11 is 0. The number of benzene rings is 1. The van der Waals surface area contributed by atoms with Gasteiger partial charge in [-0.3, -0.25) is 4.21 Å². The summed E-state index contributed by atoms with van der Waals surface area (Å²) in [6.07, 6.45) is 0.875. The molecule has 0 aliphatic carbocycles. The Labute approximate surface area is 107 Å². The molecule has 0 aliphatic heterocycles. The van der Waals surface area contributed by atoms with Crippen molar-refractivity contribution >= 4 is 10.8 Å². The van der Waals surface area contributed by atoms with Gasteiger partial charge in [0.25, 0.3) is 0 Å². The molecular weight excluding hydrogens is 230 g/mol. The first-order chi connectivity index (χ1) is 7.93. The molecule has 2 nitrogen and oxygen atoms in total. The molecule has 0 aromatic heterocycles. The largest absolute Gasteiger partial charge is 0.327 e. The van der Waals surface area contributed by atoms with Crippen molar-refractivity contribution in [2.45, 2.75) is 51.2 Å². The quantitative estimate of drug-likeness (QED) is 0.876. The molecule has 1 aromatic carbocycles. The third-order valence-corrected chi connectivity index (χ3v) is 4.88. The van der Waals surface area contributed by atoms with Crippen LogP contribution in [0.5, 0.6) is 0 Å². The van der Waals surface area contributed by atoms with E-state index in [0.29, 0.717) is 5.75 Å². The second-order valence-electron chi connectivity index (χ2n) is 4.80. The van der Waals surface area contributed by atoms with Gasteiger partial charge in [-0.05, 0) is 32.8 Å². The maximum atomic E-state index is 12.2. The molecule has 96 valence electrons. The summed E-state index contributed by atoms with van der Waals surface area (Å²) in [7, 11) is -0.887. The molecule has 1 aromatic rings. The van der Waals surface area contributed by atoms with Crippen LogP contribution in [0.4, 0.5) is 0 Å². The van der Waals surface area contributed by atoms with Crippen molar-refractivity contribution in [2.24, 2.45) is 5.73 Å². The Morgan fingerprint density at radius 1 is 1.24 bits per heavy atom. The number of hydrogen-bond donors (Lipinski definition) is 1. The normalized spacial score (nSPS) is 16.5. The summed E-state index contributed by atoms with van der Waals surface area (Å²) in [5.74, 6) is 0.609. The van der Waals surface area contributed by atoms with Gasteiger partial charge in [0.2, 0.25) is 0 Å². The van der Waals surface area contributed by atoms with Crippen molar-refractivity contribution in [2.75, 3.05) is 0 Å². The van der Waals surface area contributed by atoms with Crippen LogP contribution in [-0.2, 0) is 16.6 Å². The molecule has 0 fully saturated rings. The molecule has 0 bridgehead atoms. The highest BCUT2D eigenvalue weighted by Crippen LogP contribution is 2.14. The molecule has 0 spiro atoms. The molecule has 0 amide bonds. The van der Waals surface area contributed by atoms with E-state index < -0.39 is 10.8 Å². The van der Waals surface area contributed by atoms with Crippen LogP contribution < -0.4 is 5.73 Å². The average Bonchev–Trinajstić information content (AvgIpc) is 2.25. The topological polar surface area (TPSA) is 43.1 Å². The first-order valence-corrected chi connectivity index (χ1v) is 7.52. The van der Waals surface area contributed by atoms with E-state index in [1.54, 1.807) is 0 Å². The fourth-order valence-electron chi connectivity index (χ4n) is 1.97. The maximum absolute atomic E-state index is 12.2. The van der Waals surface area contributed by atoms with E-state index >= 15 is 0 Å². The second kappa shape index (κ2) is 6.31. The summed E-state index contributed by atoms with van der Waals surface area (Å²) in [5, 5.41) is 0.0563. The molecule has 17 heavy (non-hydrogen) atoms. The molecule has 0 aliphatic rings. The molecule has 0 radical (unpaired) electrons. The molecule has 3 atom stereocenters. The van der Waals surface area contributed by atoms with Gasteiger partial charge < -0.3 is 5.73 Å². The summed E-state index contributed by atoms with van der Waals surface area (Å²) in [6, 6.07) is 6.37. The van der Waals surface area contributed by atoms with Crippen LogP contribution in [0.3, 0.4) is 0 Å². The Hall–Kier alpha value is -0.670. The van der Waals surface area contributed by atoms with Crippen molar-refractivity contribution in [1.82, 2.24) is 0 Å². The van der Waals surface area contributed by atoms with Crippen LogP contribution in [-0.4, -0.2) is 15.5 Å². The highest BCUT2D eigenvalue weighted by Gasteiger charge is 2.18. The molecule has 0 saturated carbocycles. The predicted molar refractivity (Wildman–Crippen MR) is 75.5 cm³/mol. The molecule has 1 rings (SSSR count). The Balaban J connectivity index is 2.74. The van der Waals surface area contributed by atoms with Crippen molar-refractivity contribution in [3.05, 3.63) is 34.9 Å². The van der Waals surface area contributed by atoms with Gasteiger partial charge in [-0.25, -0.2) is 0 Å². The van der Waals surface area contributed by atoms with Crippen molar-refractivity contribution in [3.63, 3.8) is 0 Å². The van der Waals surface area contributed by atoms with Crippen molar-refractivity contribution < 1.29 is 4.21 Å². The van der Waals surface area contributed by atoms with Crippen LogP contribution in [0.1, 0.15) is 37.0 Å². The zero-order valence-electron chi connectivity index (χ0n) is 11.2. The molecule has 3 heteroatoms. The highest BCUT2D eigenvalue weighted by molar-refractivity contribution is 7.84. The number of hydrogen-bond acceptors (Lipinski definition) is 2. The lowest BCUT2D eigenvalue weighted by Crippen LogP contribution is -2.35. The summed E-state index contributed by atoms with van der Waals surface area (Å²) < 4.78 is 12.2. The monoisotopic (exact) mass is 253 g/mol. The minimum absolute atomic E-state index is 0.0294. The van der Waals surface area contributed by atoms with E-state index in [2.05, 4.69) is 32.0 Å². The van der Waals surface area contributed by atoms with Gasteiger partial charge in [0.05, 0.1) is 0 Å². The van der Waals surface area contributed by atoms with Gasteiger partial charge in [-0.15, -0.1) is 0 Å². The second-order valence-corrected chi connectivity index (χ2v) is 6.59. The van der Waals surface area contributed by atoms with E-state index in [-0.39, 0.29) is 11.3 Å². The Morgan fingerprint density at radius 2 is 1.76 bits per heavy atom. The lowest BCUT2D eigenvalue weighted by Gasteiger charge is -2.18. The van der Waals surface area contributed by atoms with Gasteiger partial charge >= 0.3 is 0 Å². The third kappa shape index (κ3) is 4.25. The lowest BCUT2D eigenvalue weighted by atomic mass is 10.1. The van der Waals surface area contributed by atoms with Crippen LogP contribution in [0.15, 0.2) is 18.2 Å². The van der Waals surface area contributed by atoms with Gasteiger partial charge in [-0.1, -0.05) is 36.2 Å². The fourth-order valence-corrected chi connectivity index (χ4v) is 3.32. The zero-order valence-corrected chi connectivity index (χ0v) is 12.0. The fraction of sp³-hybridized carbons (Fsp3) is 0.571. The summed E-state index contributed by atoms with van der Waals surface area (Å²) in [5.41, 5.74) is 9.54. The minimum Gasteiger partial charge on any atom is -0.327 e. The van der Waals surface area contributed by atoms with E-state index in [9.17, 15) is 4.21 Å². The number of aryl methyl sites for hydroxylation is 2. The van der Waals surface area contributed by atoms with Gasteiger partial charge in [0, 0.05) is 27.8 Å². The van der Waals surface area contributed by atoms with E-state index in [4.69, 9.17) is 5.73 Å². The maximum Gasteiger partial charge on any atom is 0.0489 e. The van der Waals surface area contributed by atoms with Crippen LogP contribution in [0, 0.1) is 13.8 Å². The van der Waals surface area contributed by atoms with E-state index in [1.165, 1.54) is 11.1 Å². The smallest absolute Gasteiger partial charge is 0.0489 e. The first-order valence-electron chi connectivity index (χ1n) is 6.14. The zero-order chi connectivity index (χ0) is 13.0. The predicted octanol–water partition coefficient (Wildman–Crippen LogP) is 2.68. The summed E-state index contributed by atoms with van der Waals surface area (Å²) in [4.78, 5) is 0. The SMILES string of the molecule is CCC(N)C(C)S(=O)Cc1cc(C)cc(C)c1. The third-order valence-electron chi connectivity index (χ3n) is 3.08. The standard InChI is InChI=1S/C14H23NOS/c1-5-14(15)12(4)17(16)9-13-7-10(2)6-11(3)8-13/h6-8,12,14H,5,9,15H2,1-4H3.